The molecule has 0 bridgehead atoms. The fourth-order valence-electron chi connectivity index (χ4n) is 1.48. The predicted octanol–water partition coefficient (Wildman–Crippen LogP) is 1.52. The molecule has 108 valence electrons. The Labute approximate surface area is 120 Å². The van der Waals surface area contributed by atoms with Gasteiger partial charge in [-0.2, -0.15) is 0 Å². The zero-order chi connectivity index (χ0) is 15.3. The number of ether oxygens (including phenoxy) is 1. The fraction of sp³-hybridized carbons (Fsp3) is 0.308. The minimum Gasteiger partial charge on any atom is -0.462 e. The summed E-state index contributed by atoms with van der Waals surface area (Å²) < 4.78 is 4.97. The molecular formula is C13H16N2O4S. The molecule has 0 radical (unpaired) electrons. The number of anilines is 1. The number of nitrogens with one attached hydrogen (secondary N) is 1. The summed E-state index contributed by atoms with van der Waals surface area (Å²) in [5.41, 5.74) is 6.01. The van der Waals surface area contributed by atoms with Gasteiger partial charge in [-0.05, 0) is 26.3 Å². The van der Waals surface area contributed by atoms with Crippen LogP contribution in [0.15, 0.2) is 12.2 Å². The van der Waals surface area contributed by atoms with Crippen molar-refractivity contribution in [1.29, 1.82) is 0 Å². The molecule has 0 fully saturated rings. The SMILES string of the molecule is CCOC(=O)c1c(NC(=O)/C=C/C(N)=O)sc(C)c1C. The Hall–Kier alpha value is -2.15. The van der Waals surface area contributed by atoms with Crippen molar-refractivity contribution in [3.05, 3.63) is 28.2 Å². The number of hydrogen-bond acceptors (Lipinski definition) is 5. The molecule has 1 aromatic rings. The molecule has 1 aromatic heterocycles. The third-order valence-electron chi connectivity index (χ3n) is 2.50. The summed E-state index contributed by atoms with van der Waals surface area (Å²) in [6, 6.07) is 0. The molecule has 0 spiro atoms. The van der Waals surface area contributed by atoms with E-state index in [1.54, 1.807) is 13.8 Å². The summed E-state index contributed by atoms with van der Waals surface area (Å²) in [7, 11) is 0. The largest absolute Gasteiger partial charge is 0.462 e. The molecule has 0 aliphatic rings. The van der Waals surface area contributed by atoms with Crippen LogP contribution in [-0.4, -0.2) is 24.4 Å². The Morgan fingerprint density at radius 3 is 2.50 bits per heavy atom. The fourth-order valence-corrected chi connectivity index (χ4v) is 2.53. The normalized spacial score (nSPS) is 10.6. The first kappa shape index (κ1) is 15.9. The number of amides is 2. The molecule has 0 saturated heterocycles. The number of rotatable bonds is 5. The van der Waals surface area contributed by atoms with Gasteiger partial charge >= 0.3 is 5.97 Å². The number of hydrogen-bond donors (Lipinski definition) is 2. The van der Waals surface area contributed by atoms with Gasteiger partial charge in [0.2, 0.25) is 11.8 Å². The molecule has 1 heterocycles. The second kappa shape index (κ2) is 6.85. The second-order valence-electron chi connectivity index (χ2n) is 3.93. The molecule has 3 N–H and O–H groups in total. The van der Waals surface area contributed by atoms with Crippen LogP contribution in [0, 0.1) is 13.8 Å². The summed E-state index contributed by atoms with van der Waals surface area (Å²) in [5, 5.41) is 2.95. The zero-order valence-corrected chi connectivity index (χ0v) is 12.3. The average Bonchev–Trinajstić information content (AvgIpc) is 2.62. The highest BCUT2D eigenvalue weighted by molar-refractivity contribution is 7.16. The van der Waals surface area contributed by atoms with Crippen molar-refractivity contribution in [3.8, 4) is 0 Å². The molecule has 0 aliphatic carbocycles. The van der Waals surface area contributed by atoms with Crippen LogP contribution in [0.25, 0.3) is 0 Å². The number of carbonyl (C=O) groups excluding carboxylic acids is 3. The van der Waals surface area contributed by atoms with Crippen molar-refractivity contribution in [1.82, 2.24) is 0 Å². The van der Waals surface area contributed by atoms with E-state index in [1.807, 2.05) is 6.92 Å². The highest BCUT2D eigenvalue weighted by Crippen LogP contribution is 2.32. The van der Waals surface area contributed by atoms with E-state index in [4.69, 9.17) is 10.5 Å². The van der Waals surface area contributed by atoms with E-state index in [-0.39, 0.29) is 6.61 Å². The van der Waals surface area contributed by atoms with Gasteiger partial charge in [0, 0.05) is 17.0 Å². The highest BCUT2D eigenvalue weighted by Gasteiger charge is 2.21. The Morgan fingerprint density at radius 2 is 1.95 bits per heavy atom. The van der Waals surface area contributed by atoms with E-state index in [9.17, 15) is 14.4 Å². The van der Waals surface area contributed by atoms with Crippen LogP contribution in [0.4, 0.5) is 5.00 Å². The molecule has 1 rings (SSSR count). The lowest BCUT2D eigenvalue weighted by Gasteiger charge is -2.05. The summed E-state index contributed by atoms with van der Waals surface area (Å²) in [6.07, 6.45) is 1.97. The maximum atomic E-state index is 11.9. The maximum absolute atomic E-state index is 11.9. The van der Waals surface area contributed by atoms with Gasteiger partial charge in [-0.15, -0.1) is 11.3 Å². The number of thiophene rings is 1. The van der Waals surface area contributed by atoms with Crippen LogP contribution in [0.3, 0.4) is 0 Å². The molecule has 0 unspecified atom stereocenters. The van der Waals surface area contributed by atoms with Gasteiger partial charge in [0.1, 0.15) is 5.00 Å². The number of carbonyl (C=O) groups is 3. The minimum atomic E-state index is -0.718. The first-order valence-electron chi connectivity index (χ1n) is 5.92. The molecule has 0 aliphatic heterocycles. The Morgan fingerprint density at radius 1 is 1.30 bits per heavy atom. The van der Waals surface area contributed by atoms with Crippen LogP contribution in [0.1, 0.15) is 27.7 Å². The number of aryl methyl sites for hydroxylation is 1. The van der Waals surface area contributed by atoms with Gasteiger partial charge in [-0.3, -0.25) is 9.59 Å². The number of nitrogens with two attached hydrogens (primary N) is 1. The minimum absolute atomic E-state index is 0.252. The lowest BCUT2D eigenvalue weighted by atomic mass is 10.1. The molecular weight excluding hydrogens is 280 g/mol. The van der Waals surface area contributed by atoms with Gasteiger partial charge in [0.15, 0.2) is 0 Å². The van der Waals surface area contributed by atoms with Gasteiger partial charge < -0.3 is 15.8 Å². The quantitative estimate of drug-likeness (QED) is 0.635. The number of primary amides is 1. The second-order valence-corrected chi connectivity index (χ2v) is 5.16. The van der Waals surface area contributed by atoms with Crippen molar-refractivity contribution >= 4 is 34.1 Å². The Bertz CT molecular complexity index is 575. The first-order valence-corrected chi connectivity index (χ1v) is 6.74. The molecule has 2 amide bonds. The van der Waals surface area contributed by atoms with Crippen LogP contribution in [0.2, 0.25) is 0 Å². The molecule has 0 aromatic carbocycles. The summed E-state index contributed by atoms with van der Waals surface area (Å²) >= 11 is 1.27. The van der Waals surface area contributed by atoms with Gasteiger partial charge in [0.25, 0.3) is 0 Å². The molecule has 20 heavy (non-hydrogen) atoms. The van der Waals surface area contributed by atoms with Gasteiger partial charge in [-0.1, -0.05) is 0 Å². The summed E-state index contributed by atoms with van der Waals surface area (Å²) in [5.74, 6) is -1.73. The van der Waals surface area contributed by atoms with Crippen LogP contribution < -0.4 is 11.1 Å². The van der Waals surface area contributed by atoms with Crippen LogP contribution >= 0.6 is 11.3 Å². The van der Waals surface area contributed by atoms with E-state index in [0.29, 0.717) is 10.6 Å². The van der Waals surface area contributed by atoms with E-state index >= 15 is 0 Å². The summed E-state index contributed by atoms with van der Waals surface area (Å²) in [6.45, 7) is 5.59. The third kappa shape index (κ3) is 3.92. The van der Waals surface area contributed by atoms with Crippen molar-refractivity contribution in [2.45, 2.75) is 20.8 Å². The number of esters is 1. The van der Waals surface area contributed by atoms with E-state index < -0.39 is 17.8 Å². The van der Waals surface area contributed by atoms with E-state index in [2.05, 4.69) is 5.32 Å². The smallest absolute Gasteiger partial charge is 0.341 e. The topological polar surface area (TPSA) is 98.5 Å². The predicted molar refractivity (Wildman–Crippen MR) is 76.7 cm³/mol. The lowest BCUT2D eigenvalue weighted by Crippen LogP contribution is -2.14. The van der Waals surface area contributed by atoms with Gasteiger partial charge in [0.05, 0.1) is 12.2 Å². The zero-order valence-electron chi connectivity index (χ0n) is 11.5. The molecule has 0 saturated carbocycles. The van der Waals surface area contributed by atoms with Crippen molar-refractivity contribution in [2.75, 3.05) is 11.9 Å². The third-order valence-corrected chi connectivity index (χ3v) is 3.62. The monoisotopic (exact) mass is 296 g/mol. The van der Waals surface area contributed by atoms with Crippen molar-refractivity contribution in [3.63, 3.8) is 0 Å². The van der Waals surface area contributed by atoms with Gasteiger partial charge in [-0.25, -0.2) is 4.79 Å². The van der Waals surface area contributed by atoms with Crippen LogP contribution in [0.5, 0.6) is 0 Å². The Kier molecular flexibility index (Phi) is 5.45. The van der Waals surface area contributed by atoms with E-state index in [0.717, 1.165) is 22.6 Å². The molecule has 6 nitrogen and oxygen atoms in total. The molecule has 7 heteroatoms. The maximum Gasteiger partial charge on any atom is 0.341 e. The van der Waals surface area contributed by atoms with Crippen molar-refractivity contribution in [2.24, 2.45) is 5.73 Å². The molecule has 0 atom stereocenters. The lowest BCUT2D eigenvalue weighted by molar-refractivity contribution is -0.115. The van der Waals surface area contributed by atoms with E-state index in [1.165, 1.54) is 11.3 Å². The van der Waals surface area contributed by atoms with Crippen molar-refractivity contribution < 1.29 is 19.1 Å². The van der Waals surface area contributed by atoms with Crippen LogP contribution in [-0.2, 0) is 14.3 Å². The standard InChI is InChI=1S/C13H16N2O4S/c1-4-19-13(18)11-7(2)8(3)20-12(11)15-10(17)6-5-9(14)16/h5-6H,4H2,1-3H3,(H2,14,16)(H,15,17)/b6-5+. The summed E-state index contributed by atoms with van der Waals surface area (Å²) in [4.78, 5) is 35.0. The Balaban J connectivity index is 3.01. The average molecular weight is 296 g/mol. The first-order chi connectivity index (χ1) is 9.36. The highest BCUT2D eigenvalue weighted by atomic mass is 32.1.